The van der Waals surface area contributed by atoms with E-state index in [1.165, 1.54) is 98.7 Å². The highest BCUT2D eigenvalue weighted by Gasteiger charge is 2.39. The second-order valence-electron chi connectivity index (χ2n) is 14.0. The lowest BCUT2D eigenvalue weighted by Crippen LogP contribution is -2.17. The number of benzene rings is 9. The number of rotatable bonds is 3. The average Bonchev–Trinajstić information content (AvgIpc) is 3.40. The van der Waals surface area contributed by atoms with Gasteiger partial charge < -0.3 is 0 Å². The maximum absolute atomic E-state index is 2.42. The van der Waals surface area contributed by atoms with Gasteiger partial charge in [-0.3, -0.25) is 0 Å². The van der Waals surface area contributed by atoms with Crippen LogP contribution in [-0.4, -0.2) is 0 Å². The fourth-order valence-electron chi connectivity index (χ4n) is 8.88. The molecule has 1 aliphatic rings. The highest BCUT2D eigenvalue weighted by Crippen LogP contribution is 2.56. The van der Waals surface area contributed by atoms with E-state index in [4.69, 9.17) is 0 Å². The van der Waals surface area contributed by atoms with Crippen LogP contribution in [0.2, 0.25) is 0 Å². The van der Waals surface area contributed by atoms with Crippen molar-refractivity contribution in [1.29, 1.82) is 0 Å². The van der Waals surface area contributed by atoms with Crippen molar-refractivity contribution in [3.63, 3.8) is 0 Å². The molecule has 0 saturated carbocycles. The quantitative estimate of drug-likeness (QED) is 0.172. The van der Waals surface area contributed by atoms with Crippen LogP contribution in [0, 0.1) is 0 Å². The molecule has 1 aliphatic carbocycles. The molecule has 0 bridgehead atoms. The molecule has 49 heavy (non-hydrogen) atoms. The second-order valence-corrected chi connectivity index (χ2v) is 14.0. The first-order valence-electron chi connectivity index (χ1n) is 17.3. The van der Waals surface area contributed by atoms with Gasteiger partial charge in [-0.1, -0.05) is 178 Å². The van der Waals surface area contributed by atoms with Gasteiger partial charge >= 0.3 is 0 Å². The van der Waals surface area contributed by atoms with Crippen molar-refractivity contribution in [3.05, 3.63) is 181 Å². The molecule has 230 valence electrons. The van der Waals surface area contributed by atoms with Gasteiger partial charge in [0.15, 0.2) is 0 Å². The summed E-state index contributed by atoms with van der Waals surface area (Å²) in [7, 11) is 0. The zero-order chi connectivity index (χ0) is 32.7. The molecule has 0 spiro atoms. The molecule has 0 heteroatoms. The fourth-order valence-corrected chi connectivity index (χ4v) is 8.88. The number of hydrogen-bond acceptors (Lipinski definition) is 0. The van der Waals surface area contributed by atoms with Crippen molar-refractivity contribution in [2.75, 3.05) is 0 Å². The van der Waals surface area contributed by atoms with Gasteiger partial charge in [-0.15, -0.1) is 0 Å². The van der Waals surface area contributed by atoms with Crippen LogP contribution in [0.5, 0.6) is 0 Å². The summed E-state index contributed by atoms with van der Waals surface area (Å²) in [5.41, 5.74) is 13.1. The van der Waals surface area contributed by atoms with Gasteiger partial charge in [0.2, 0.25) is 0 Å². The van der Waals surface area contributed by atoms with Crippen LogP contribution in [0.1, 0.15) is 25.0 Å². The number of fused-ring (bicyclic) bond motifs is 8. The summed E-state index contributed by atoms with van der Waals surface area (Å²) in [6, 6.07) is 63.0. The summed E-state index contributed by atoms with van der Waals surface area (Å²) in [5.74, 6) is 0. The van der Waals surface area contributed by atoms with Gasteiger partial charge in [0, 0.05) is 5.41 Å². The molecule has 0 nitrogen and oxygen atoms in total. The molecule has 0 unspecified atom stereocenters. The fraction of sp³-hybridized carbons (Fsp3) is 0.0612. The maximum Gasteiger partial charge on any atom is 0.0171 e. The summed E-state index contributed by atoms with van der Waals surface area (Å²) in [5, 5.41) is 10.3. The Balaban J connectivity index is 1.20. The van der Waals surface area contributed by atoms with Gasteiger partial charge in [-0.25, -0.2) is 0 Å². The highest BCUT2D eigenvalue weighted by atomic mass is 14.4. The predicted molar refractivity (Wildman–Crippen MR) is 210 cm³/mol. The molecular formula is C49H34. The van der Waals surface area contributed by atoms with Crippen molar-refractivity contribution < 1.29 is 0 Å². The molecule has 0 amide bonds. The maximum atomic E-state index is 2.42. The van der Waals surface area contributed by atoms with E-state index in [0.717, 1.165) is 0 Å². The topological polar surface area (TPSA) is 0 Å². The Labute approximate surface area is 286 Å². The summed E-state index contributed by atoms with van der Waals surface area (Å²) < 4.78 is 0. The molecule has 9 aromatic carbocycles. The molecule has 0 aliphatic heterocycles. The van der Waals surface area contributed by atoms with Crippen molar-refractivity contribution in [3.8, 4) is 44.5 Å². The van der Waals surface area contributed by atoms with E-state index in [9.17, 15) is 0 Å². The zero-order valence-corrected chi connectivity index (χ0v) is 27.7. The molecule has 0 aromatic heterocycles. The molecule has 0 heterocycles. The van der Waals surface area contributed by atoms with Gasteiger partial charge in [-0.05, 0) is 105 Å². The van der Waals surface area contributed by atoms with Crippen molar-refractivity contribution >= 4 is 43.1 Å². The molecule has 0 saturated heterocycles. The summed E-state index contributed by atoms with van der Waals surface area (Å²) >= 11 is 0. The van der Waals surface area contributed by atoms with Crippen LogP contribution in [0.15, 0.2) is 170 Å². The Morgan fingerprint density at radius 3 is 1.49 bits per heavy atom. The van der Waals surface area contributed by atoms with E-state index in [2.05, 4.69) is 184 Å². The van der Waals surface area contributed by atoms with Crippen molar-refractivity contribution in [2.45, 2.75) is 19.3 Å². The largest absolute Gasteiger partial charge is 0.0616 e. The minimum atomic E-state index is -0.165. The molecular weight excluding hydrogens is 589 g/mol. The van der Waals surface area contributed by atoms with Gasteiger partial charge in [0.05, 0.1) is 0 Å². The summed E-state index contributed by atoms with van der Waals surface area (Å²) in [6.07, 6.45) is 0. The third-order valence-corrected chi connectivity index (χ3v) is 11.0. The molecule has 0 radical (unpaired) electrons. The Morgan fingerprint density at radius 1 is 0.306 bits per heavy atom. The Bertz CT molecular complexity index is 2720. The predicted octanol–water partition coefficient (Wildman–Crippen LogP) is 13.6. The van der Waals surface area contributed by atoms with Crippen LogP contribution in [0.25, 0.3) is 87.6 Å². The third-order valence-electron chi connectivity index (χ3n) is 11.0. The van der Waals surface area contributed by atoms with Gasteiger partial charge in [0.1, 0.15) is 0 Å². The van der Waals surface area contributed by atoms with Crippen molar-refractivity contribution in [2.24, 2.45) is 0 Å². The van der Waals surface area contributed by atoms with Crippen LogP contribution >= 0.6 is 0 Å². The average molecular weight is 623 g/mol. The normalized spacial score (nSPS) is 13.3. The highest BCUT2D eigenvalue weighted by molar-refractivity contribution is 6.22. The minimum Gasteiger partial charge on any atom is -0.0616 e. The lowest BCUT2D eigenvalue weighted by atomic mass is 9.76. The van der Waals surface area contributed by atoms with Crippen LogP contribution in [-0.2, 0) is 5.41 Å². The number of hydrogen-bond donors (Lipinski definition) is 0. The van der Waals surface area contributed by atoms with Gasteiger partial charge in [-0.2, -0.15) is 0 Å². The van der Waals surface area contributed by atoms with Crippen LogP contribution in [0.3, 0.4) is 0 Å². The molecule has 0 fully saturated rings. The van der Waals surface area contributed by atoms with E-state index >= 15 is 0 Å². The minimum absolute atomic E-state index is 0.165. The summed E-state index contributed by atoms with van der Waals surface area (Å²) in [4.78, 5) is 0. The Morgan fingerprint density at radius 2 is 0.796 bits per heavy atom. The molecule has 0 N–H and O–H groups in total. The summed E-state index contributed by atoms with van der Waals surface area (Å²) in [6.45, 7) is 4.84. The van der Waals surface area contributed by atoms with Crippen molar-refractivity contribution in [1.82, 2.24) is 0 Å². The lowest BCUT2D eigenvalue weighted by Gasteiger charge is -2.27. The Hall–Kier alpha value is -5.98. The second kappa shape index (κ2) is 10.5. The SMILES string of the molecule is CC1(C)c2c(cccc2-c2c3ccccc3c(-c3ccc(-c4ccc5ccccc5c4)cc3)c3ccccc23)-c2ccc3ccccc3c21. The van der Waals surface area contributed by atoms with E-state index in [1.807, 2.05) is 0 Å². The van der Waals surface area contributed by atoms with Crippen LogP contribution < -0.4 is 0 Å². The Kier molecular flexibility index (Phi) is 6.02. The van der Waals surface area contributed by atoms with Gasteiger partial charge in [0.25, 0.3) is 0 Å². The van der Waals surface area contributed by atoms with E-state index in [0.29, 0.717) is 0 Å². The van der Waals surface area contributed by atoms with E-state index < -0.39 is 0 Å². The third kappa shape index (κ3) is 4.11. The zero-order valence-electron chi connectivity index (χ0n) is 27.7. The van der Waals surface area contributed by atoms with E-state index in [1.54, 1.807) is 0 Å². The molecule has 9 aromatic rings. The first-order chi connectivity index (χ1) is 24.1. The molecule has 0 atom stereocenters. The lowest BCUT2D eigenvalue weighted by molar-refractivity contribution is 0.668. The first-order valence-corrected chi connectivity index (χ1v) is 17.3. The van der Waals surface area contributed by atoms with Crippen LogP contribution in [0.4, 0.5) is 0 Å². The standard InChI is InChI=1S/C49H34/c1-49(2)47-37-15-6-5-13-33(37)28-29-43(47)42-20-11-21-44(48(42)49)46-40-18-9-7-16-38(40)45(39-17-8-10-19-41(39)46)34-25-22-32(23-26-34)36-27-24-31-12-3-4-14-35(31)30-36/h3-30H,1-2H3. The molecule has 10 rings (SSSR count). The first kappa shape index (κ1) is 28.1. The van der Waals surface area contributed by atoms with E-state index in [-0.39, 0.29) is 5.41 Å². The smallest absolute Gasteiger partial charge is 0.0171 e. The monoisotopic (exact) mass is 622 g/mol.